The first-order valence-electron chi connectivity index (χ1n) is 14.1. The quantitative estimate of drug-likeness (QED) is 0.155. The van der Waals surface area contributed by atoms with Crippen LogP contribution in [0.15, 0.2) is 72.8 Å². The molecule has 0 unspecified atom stereocenters. The van der Waals surface area contributed by atoms with Crippen molar-refractivity contribution >= 4 is 29.5 Å². The number of hydrogen-bond acceptors (Lipinski definition) is 10. The van der Waals surface area contributed by atoms with Gasteiger partial charge in [0, 0.05) is 20.0 Å². The molecule has 0 aliphatic carbocycles. The summed E-state index contributed by atoms with van der Waals surface area (Å²) in [6, 6.07) is 17.0. The number of carbonyl (C=O) groups excluding carboxylic acids is 5. The molecule has 1 fully saturated rings. The molecule has 1 aliphatic rings. The van der Waals surface area contributed by atoms with Crippen molar-refractivity contribution in [3.05, 3.63) is 83.9 Å². The van der Waals surface area contributed by atoms with Gasteiger partial charge in [-0.05, 0) is 36.1 Å². The van der Waals surface area contributed by atoms with Crippen LogP contribution in [0.1, 0.15) is 36.9 Å². The average molecular weight is 596 g/mol. The minimum absolute atomic E-state index is 0.0181. The minimum atomic E-state index is -1.60. The number of benzene rings is 2. The fourth-order valence-electron chi connectivity index (χ4n) is 4.56. The van der Waals surface area contributed by atoms with Crippen molar-refractivity contribution in [1.82, 2.24) is 4.90 Å². The highest BCUT2D eigenvalue weighted by molar-refractivity contribution is 6.04. The molecule has 1 saturated heterocycles. The predicted octanol–water partition coefficient (Wildman–Crippen LogP) is 3.00. The zero-order valence-electron chi connectivity index (χ0n) is 24.1. The lowest BCUT2D eigenvalue weighted by atomic mass is 9.89. The number of carbonyl (C=O) groups is 5. The van der Waals surface area contributed by atoms with E-state index in [0.717, 1.165) is 24.0 Å². The molecule has 0 spiro atoms. The molecule has 1 aliphatic heterocycles. The van der Waals surface area contributed by atoms with Crippen molar-refractivity contribution in [2.45, 2.75) is 38.3 Å². The summed E-state index contributed by atoms with van der Waals surface area (Å²) in [5, 5.41) is 8.68. The largest absolute Gasteiger partial charge is 0.453 e. The van der Waals surface area contributed by atoms with Crippen molar-refractivity contribution in [1.29, 1.82) is 0 Å². The molecule has 11 heteroatoms. The number of imide groups is 1. The summed E-state index contributed by atoms with van der Waals surface area (Å²) in [6.07, 6.45) is 0.115. The third-order valence-electron chi connectivity index (χ3n) is 6.60. The topological polar surface area (TPSA) is 146 Å². The van der Waals surface area contributed by atoms with Gasteiger partial charge in [0.1, 0.15) is 12.6 Å². The maximum atomic E-state index is 14.1. The monoisotopic (exact) mass is 595 g/mol. The molecule has 1 N–H and O–H groups in total. The van der Waals surface area contributed by atoms with Gasteiger partial charge in [0.2, 0.25) is 5.91 Å². The van der Waals surface area contributed by atoms with Gasteiger partial charge in [0.25, 0.3) is 0 Å². The first kappa shape index (κ1) is 33.3. The standard InChI is InChI=1S/C32H37NO10/c1-23(35)43-30(29(37)15-14-26(36)13-8-17-40-19-20-41-18-16-34)27(21-24-9-4-2-5-10-24)31(38)33-28(22-42-32(33)39)25-11-6-3-7-12-25/h2-7,9-12,14-15,27-28,30,34H,8,13,16-22H2,1H3/t27-,28+,30-/m1/s1. The molecule has 2 amide bonds. The Balaban J connectivity index is 1.77. The van der Waals surface area contributed by atoms with E-state index >= 15 is 0 Å². The maximum absolute atomic E-state index is 14.1. The number of nitrogens with zero attached hydrogens (tertiary/aromatic N) is 1. The molecule has 1 heterocycles. The maximum Gasteiger partial charge on any atom is 0.417 e. The number of hydrogen-bond donors (Lipinski definition) is 1. The SMILES string of the molecule is CC(=O)O[C@@H](C(=O)C=CC(=O)CCCOCCOCCO)[C@@H](Cc1ccccc1)C(=O)N1C(=O)OC[C@H]1c1ccccc1. The van der Waals surface area contributed by atoms with Crippen LogP contribution >= 0.6 is 0 Å². The summed E-state index contributed by atoms with van der Waals surface area (Å²) in [6.45, 7) is 2.15. The number of aliphatic hydroxyl groups excluding tert-OH is 1. The number of allylic oxidation sites excluding steroid dienone is 1. The smallest absolute Gasteiger partial charge is 0.417 e. The van der Waals surface area contributed by atoms with Gasteiger partial charge in [-0.15, -0.1) is 0 Å². The van der Waals surface area contributed by atoms with Crippen LogP contribution < -0.4 is 0 Å². The van der Waals surface area contributed by atoms with Crippen LogP contribution in [-0.2, 0) is 44.5 Å². The second kappa shape index (κ2) is 17.7. The van der Waals surface area contributed by atoms with Crippen LogP contribution in [0.4, 0.5) is 4.79 Å². The third-order valence-corrected chi connectivity index (χ3v) is 6.60. The number of amides is 2. The summed E-state index contributed by atoms with van der Waals surface area (Å²) >= 11 is 0. The summed E-state index contributed by atoms with van der Waals surface area (Å²) in [5.74, 6) is -3.93. The second-order valence-electron chi connectivity index (χ2n) is 9.79. The zero-order chi connectivity index (χ0) is 31.0. The number of rotatable bonds is 18. The minimum Gasteiger partial charge on any atom is -0.453 e. The first-order valence-corrected chi connectivity index (χ1v) is 14.1. The van der Waals surface area contributed by atoms with E-state index in [1.807, 2.05) is 0 Å². The van der Waals surface area contributed by atoms with Crippen molar-refractivity contribution in [3.8, 4) is 0 Å². The number of ether oxygens (including phenoxy) is 4. The lowest BCUT2D eigenvalue weighted by Gasteiger charge is -2.29. The molecule has 11 nitrogen and oxygen atoms in total. The van der Waals surface area contributed by atoms with E-state index in [-0.39, 0.29) is 38.4 Å². The van der Waals surface area contributed by atoms with Gasteiger partial charge in [-0.2, -0.15) is 0 Å². The summed E-state index contributed by atoms with van der Waals surface area (Å²) < 4.78 is 21.1. The molecule has 230 valence electrons. The zero-order valence-corrected chi connectivity index (χ0v) is 24.1. The van der Waals surface area contributed by atoms with E-state index in [1.54, 1.807) is 60.7 Å². The van der Waals surface area contributed by atoms with Gasteiger partial charge in [0.05, 0.1) is 32.3 Å². The van der Waals surface area contributed by atoms with Crippen LogP contribution in [0.25, 0.3) is 0 Å². The second-order valence-corrected chi connectivity index (χ2v) is 9.79. The normalized spacial score (nSPS) is 16.1. The highest BCUT2D eigenvalue weighted by Gasteiger charge is 2.46. The van der Waals surface area contributed by atoms with Crippen molar-refractivity contribution in [2.75, 3.05) is 39.6 Å². The molecule has 43 heavy (non-hydrogen) atoms. The summed E-state index contributed by atoms with van der Waals surface area (Å²) in [4.78, 5) is 65.8. The van der Waals surface area contributed by atoms with E-state index in [2.05, 4.69) is 0 Å². The Kier molecular flexibility index (Phi) is 13.7. The Hall–Kier alpha value is -4.19. The van der Waals surface area contributed by atoms with Gasteiger partial charge in [0.15, 0.2) is 17.7 Å². The van der Waals surface area contributed by atoms with Crippen molar-refractivity contribution < 1.29 is 48.0 Å². The first-order chi connectivity index (χ1) is 20.8. The fourth-order valence-corrected chi connectivity index (χ4v) is 4.56. The summed E-state index contributed by atoms with van der Waals surface area (Å²) in [7, 11) is 0. The fraction of sp³-hybridized carbons (Fsp3) is 0.406. The van der Waals surface area contributed by atoms with Crippen LogP contribution in [0.5, 0.6) is 0 Å². The predicted molar refractivity (Wildman–Crippen MR) is 154 cm³/mol. The van der Waals surface area contributed by atoms with E-state index in [4.69, 9.17) is 24.1 Å². The Morgan fingerprint density at radius 2 is 1.60 bits per heavy atom. The number of aliphatic hydroxyl groups is 1. The molecule has 0 aromatic heterocycles. The highest BCUT2D eigenvalue weighted by atomic mass is 16.6. The molecular formula is C32H37NO10. The van der Waals surface area contributed by atoms with Crippen LogP contribution in [0.3, 0.4) is 0 Å². The number of esters is 1. The molecule has 0 saturated carbocycles. The third kappa shape index (κ3) is 10.5. The highest BCUT2D eigenvalue weighted by Crippen LogP contribution is 2.31. The molecule has 2 aromatic rings. The Morgan fingerprint density at radius 3 is 2.26 bits per heavy atom. The molecule has 0 bridgehead atoms. The Morgan fingerprint density at radius 1 is 0.953 bits per heavy atom. The molecule has 3 rings (SSSR count). The van der Waals surface area contributed by atoms with E-state index in [1.165, 1.54) is 0 Å². The average Bonchev–Trinajstić information content (AvgIpc) is 3.40. The van der Waals surface area contributed by atoms with Gasteiger partial charge >= 0.3 is 12.1 Å². The van der Waals surface area contributed by atoms with Crippen LogP contribution in [0.2, 0.25) is 0 Å². The van der Waals surface area contributed by atoms with E-state index < -0.39 is 41.8 Å². The molecule has 2 aromatic carbocycles. The van der Waals surface area contributed by atoms with Gasteiger partial charge in [-0.3, -0.25) is 19.2 Å². The van der Waals surface area contributed by atoms with Gasteiger partial charge in [-0.1, -0.05) is 60.7 Å². The summed E-state index contributed by atoms with van der Waals surface area (Å²) in [5.41, 5.74) is 1.35. The van der Waals surface area contributed by atoms with Crippen molar-refractivity contribution in [2.24, 2.45) is 5.92 Å². The van der Waals surface area contributed by atoms with E-state index in [0.29, 0.717) is 37.4 Å². The Bertz CT molecular complexity index is 1250. The van der Waals surface area contributed by atoms with Gasteiger partial charge < -0.3 is 24.1 Å². The lowest BCUT2D eigenvalue weighted by Crippen LogP contribution is -2.47. The number of cyclic esters (lactones) is 1. The molecular weight excluding hydrogens is 558 g/mol. The van der Waals surface area contributed by atoms with Crippen molar-refractivity contribution in [3.63, 3.8) is 0 Å². The van der Waals surface area contributed by atoms with Crippen LogP contribution in [0, 0.1) is 5.92 Å². The van der Waals surface area contributed by atoms with Gasteiger partial charge in [-0.25, -0.2) is 9.69 Å². The molecule has 0 radical (unpaired) electrons. The number of ketones is 2. The van der Waals surface area contributed by atoms with E-state index in [9.17, 15) is 24.0 Å². The molecule has 3 atom stereocenters. The Labute approximate surface area is 250 Å². The lowest BCUT2D eigenvalue weighted by molar-refractivity contribution is -0.158. The van der Waals surface area contributed by atoms with Crippen LogP contribution in [-0.4, -0.2) is 85.3 Å².